The van der Waals surface area contributed by atoms with Gasteiger partial charge in [0.15, 0.2) is 0 Å². The Hall–Kier alpha value is -0.390. The lowest BCUT2D eigenvalue weighted by atomic mass is 9.94. The number of nitrogens with one attached hydrogen (secondary N) is 1. The third-order valence-corrected chi connectivity index (χ3v) is 5.95. The SMILES string of the molecule is CCNCC(CCCS(=O)(=O)CC)c1ccccc1Br. The number of likely N-dealkylation sites (N-methyl/N-ethyl adjacent to an activating group) is 1. The van der Waals surface area contributed by atoms with E-state index in [9.17, 15) is 8.42 Å². The van der Waals surface area contributed by atoms with Crippen LogP contribution < -0.4 is 5.32 Å². The average molecular weight is 362 g/mol. The first kappa shape index (κ1) is 17.7. The molecule has 1 atom stereocenters. The summed E-state index contributed by atoms with van der Waals surface area (Å²) in [6.07, 6.45) is 1.60. The predicted octanol–water partition coefficient (Wildman–Crippen LogP) is 3.36. The first-order valence-corrected chi connectivity index (χ1v) is 9.77. The van der Waals surface area contributed by atoms with E-state index in [0.29, 0.717) is 12.3 Å². The lowest BCUT2D eigenvalue weighted by Crippen LogP contribution is -2.22. The van der Waals surface area contributed by atoms with Gasteiger partial charge < -0.3 is 5.32 Å². The molecule has 0 saturated carbocycles. The molecule has 20 heavy (non-hydrogen) atoms. The van der Waals surface area contributed by atoms with Crippen molar-refractivity contribution in [2.24, 2.45) is 0 Å². The maximum Gasteiger partial charge on any atom is 0.150 e. The molecular formula is C15H24BrNO2S. The van der Waals surface area contributed by atoms with Gasteiger partial charge in [-0.1, -0.05) is 48.0 Å². The maximum atomic E-state index is 11.6. The van der Waals surface area contributed by atoms with Crippen LogP contribution in [0.5, 0.6) is 0 Å². The van der Waals surface area contributed by atoms with Crippen molar-refractivity contribution in [2.75, 3.05) is 24.6 Å². The minimum atomic E-state index is -2.86. The molecular weight excluding hydrogens is 338 g/mol. The van der Waals surface area contributed by atoms with Crippen molar-refractivity contribution in [3.63, 3.8) is 0 Å². The third kappa shape index (κ3) is 5.94. The lowest BCUT2D eigenvalue weighted by Gasteiger charge is -2.19. The lowest BCUT2D eigenvalue weighted by molar-refractivity contribution is 0.546. The fourth-order valence-electron chi connectivity index (χ4n) is 2.19. The number of sulfone groups is 1. The number of benzene rings is 1. The van der Waals surface area contributed by atoms with E-state index in [1.807, 2.05) is 18.2 Å². The van der Waals surface area contributed by atoms with Crippen LogP contribution in [-0.2, 0) is 9.84 Å². The topological polar surface area (TPSA) is 46.2 Å². The molecule has 0 bridgehead atoms. The predicted molar refractivity (Wildman–Crippen MR) is 89.0 cm³/mol. The van der Waals surface area contributed by atoms with Crippen LogP contribution in [0.2, 0.25) is 0 Å². The van der Waals surface area contributed by atoms with E-state index in [1.165, 1.54) is 5.56 Å². The van der Waals surface area contributed by atoms with Crippen molar-refractivity contribution >= 4 is 25.8 Å². The first-order valence-electron chi connectivity index (χ1n) is 7.15. The largest absolute Gasteiger partial charge is 0.316 e. The fourth-order valence-corrected chi connectivity index (χ4v) is 3.69. The van der Waals surface area contributed by atoms with Crippen molar-refractivity contribution in [3.05, 3.63) is 34.3 Å². The Morgan fingerprint density at radius 3 is 2.55 bits per heavy atom. The molecule has 5 heteroatoms. The van der Waals surface area contributed by atoms with Crippen LogP contribution >= 0.6 is 15.9 Å². The first-order chi connectivity index (χ1) is 9.50. The zero-order valence-electron chi connectivity index (χ0n) is 12.2. The van der Waals surface area contributed by atoms with Crippen LogP contribution in [0, 0.1) is 0 Å². The smallest absolute Gasteiger partial charge is 0.150 e. The van der Waals surface area contributed by atoms with Crippen molar-refractivity contribution < 1.29 is 8.42 Å². The minimum Gasteiger partial charge on any atom is -0.316 e. The van der Waals surface area contributed by atoms with E-state index in [-0.39, 0.29) is 11.5 Å². The Kier molecular flexibility index (Phi) is 7.77. The molecule has 0 aliphatic rings. The summed E-state index contributed by atoms with van der Waals surface area (Å²) in [6.45, 7) is 5.59. The second-order valence-corrected chi connectivity index (χ2v) is 8.23. The number of hydrogen-bond donors (Lipinski definition) is 1. The van der Waals surface area contributed by atoms with Crippen LogP contribution in [0.3, 0.4) is 0 Å². The molecule has 1 aromatic rings. The summed E-state index contributed by atoms with van der Waals surface area (Å²) in [5.41, 5.74) is 1.25. The van der Waals surface area contributed by atoms with Gasteiger partial charge in [-0.15, -0.1) is 0 Å². The van der Waals surface area contributed by atoms with Gasteiger partial charge in [-0.05, 0) is 36.9 Å². The van der Waals surface area contributed by atoms with E-state index >= 15 is 0 Å². The van der Waals surface area contributed by atoms with Crippen LogP contribution in [0.1, 0.15) is 38.2 Å². The second-order valence-electron chi connectivity index (χ2n) is 4.90. The molecule has 0 spiro atoms. The summed E-state index contributed by atoms with van der Waals surface area (Å²) in [6, 6.07) is 8.18. The molecule has 0 aliphatic carbocycles. The summed E-state index contributed by atoms with van der Waals surface area (Å²) >= 11 is 3.59. The molecule has 0 heterocycles. The zero-order valence-corrected chi connectivity index (χ0v) is 14.6. The Morgan fingerprint density at radius 1 is 1.25 bits per heavy atom. The van der Waals surface area contributed by atoms with Crippen molar-refractivity contribution in [1.29, 1.82) is 0 Å². The number of rotatable bonds is 9. The highest BCUT2D eigenvalue weighted by Gasteiger charge is 2.15. The second kappa shape index (κ2) is 8.80. The molecule has 0 amide bonds. The average Bonchev–Trinajstić information content (AvgIpc) is 2.43. The van der Waals surface area contributed by atoms with Gasteiger partial charge in [0, 0.05) is 16.8 Å². The van der Waals surface area contributed by atoms with Crippen molar-refractivity contribution in [1.82, 2.24) is 5.32 Å². The zero-order chi connectivity index (χ0) is 15.0. The molecule has 0 radical (unpaired) electrons. The van der Waals surface area contributed by atoms with Gasteiger partial charge in [-0.3, -0.25) is 0 Å². The highest BCUT2D eigenvalue weighted by molar-refractivity contribution is 9.10. The van der Waals surface area contributed by atoms with E-state index in [2.05, 4.69) is 34.2 Å². The van der Waals surface area contributed by atoms with Crippen LogP contribution in [0.15, 0.2) is 28.7 Å². The molecule has 1 rings (SSSR count). The summed E-state index contributed by atoms with van der Waals surface area (Å²) in [5.74, 6) is 0.869. The normalized spacial score (nSPS) is 13.3. The van der Waals surface area contributed by atoms with Gasteiger partial charge in [0.2, 0.25) is 0 Å². The summed E-state index contributed by atoms with van der Waals surface area (Å²) < 4.78 is 24.2. The summed E-state index contributed by atoms with van der Waals surface area (Å²) in [7, 11) is -2.86. The minimum absolute atomic E-state index is 0.236. The van der Waals surface area contributed by atoms with Gasteiger partial charge in [-0.25, -0.2) is 8.42 Å². The highest BCUT2D eigenvalue weighted by Crippen LogP contribution is 2.28. The molecule has 1 N–H and O–H groups in total. The summed E-state index contributed by atoms with van der Waals surface area (Å²) in [4.78, 5) is 0. The van der Waals surface area contributed by atoms with Crippen LogP contribution in [0.25, 0.3) is 0 Å². The molecule has 0 aromatic heterocycles. The van der Waals surface area contributed by atoms with Crippen LogP contribution in [-0.4, -0.2) is 33.0 Å². The van der Waals surface area contributed by atoms with E-state index in [1.54, 1.807) is 6.92 Å². The maximum absolute atomic E-state index is 11.6. The number of halogens is 1. The van der Waals surface area contributed by atoms with E-state index in [0.717, 1.165) is 24.0 Å². The quantitative estimate of drug-likeness (QED) is 0.733. The molecule has 114 valence electrons. The fraction of sp³-hybridized carbons (Fsp3) is 0.600. The Morgan fingerprint density at radius 2 is 1.95 bits per heavy atom. The van der Waals surface area contributed by atoms with Crippen molar-refractivity contribution in [2.45, 2.75) is 32.6 Å². The Balaban J connectivity index is 2.68. The third-order valence-electron chi connectivity index (χ3n) is 3.43. The standard InChI is InChI=1S/C15H24BrNO2S/c1-3-17-12-13(8-7-11-20(18,19)4-2)14-9-5-6-10-15(14)16/h5-6,9-10,13,17H,3-4,7-8,11-12H2,1-2H3. The molecule has 3 nitrogen and oxygen atoms in total. The Bertz CT molecular complexity index is 502. The van der Waals surface area contributed by atoms with Gasteiger partial charge in [0.1, 0.15) is 9.84 Å². The van der Waals surface area contributed by atoms with Gasteiger partial charge >= 0.3 is 0 Å². The monoisotopic (exact) mass is 361 g/mol. The Labute approximate surface area is 131 Å². The van der Waals surface area contributed by atoms with Crippen molar-refractivity contribution in [3.8, 4) is 0 Å². The number of hydrogen-bond acceptors (Lipinski definition) is 3. The van der Waals surface area contributed by atoms with E-state index < -0.39 is 9.84 Å². The van der Waals surface area contributed by atoms with Gasteiger partial charge in [0.25, 0.3) is 0 Å². The molecule has 1 unspecified atom stereocenters. The molecule has 0 aliphatic heterocycles. The van der Waals surface area contributed by atoms with E-state index in [4.69, 9.17) is 0 Å². The van der Waals surface area contributed by atoms with Crippen LogP contribution in [0.4, 0.5) is 0 Å². The molecule has 0 saturated heterocycles. The van der Waals surface area contributed by atoms with Gasteiger partial charge in [0.05, 0.1) is 5.75 Å². The molecule has 1 aromatic carbocycles. The summed E-state index contributed by atoms with van der Waals surface area (Å²) in [5, 5.41) is 3.37. The van der Waals surface area contributed by atoms with Gasteiger partial charge in [-0.2, -0.15) is 0 Å². The molecule has 0 fully saturated rings. The highest BCUT2D eigenvalue weighted by atomic mass is 79.9.